The van der Waals surface area contributed by atoms with Crippen LogP contribution in [0.15, 0.2) is 48.5 Å². The number of aliphatic hydroxyl groups excluding tert-OH is 1. The molecule has 6 heteroatoms. The maximum atomic E-state index is 12.6. The molecule has 0 aromatic heterocycles. The Kier molecular flexibility index (Phi) is 6.45. The molecule has 3 nitrogen and oxygen atoms in total. The van der Waals surface area contributed by atoms with Crippen LogP contribution in [0, 0.1) is 0 Å². The minimum atomic E-state index is -4.38. The van der Waals surface area contributed by atoms with Crippen LogP contribution in [0.25, 0.3) is 0 Å². The number of hydrogen-bond donors (Lipinski definition) is 2. The molecule has 1 unspecified atom stereocenters. The van der Waals surface area contributed by atoms with Gasteiger partial charge in [0.2, 0.25) is 0 Å². The first kappa shape index (κ1) is 19.3. The van der Waals surface area contributed by atoms with Gasteiger partial charge in [0.15, 0.2) is 0 Å². The standard InChI is InChI=1S/C19H22F3NO2/c1-3-16(15-6-4-5-7-18(15)25-2)23-12-17(24)13-8-10-14(11-9-13)19(20,21)22/h4-11,16-17,23-24H,3,12H2,1-2H3/t16?,17-/m1/s1. The normalized spacial score (nSPS) is 14.2. The molecule has 2 N–H and O–H groups in total. The zero-order valence-corrected chi connectivity index (χ0v) is 14.2. The van der Waals surface area contributed by atoms with Gasteiger partial charge in [0.25, 0.3) is 0 Å². The summed E-state index contributed by atoms with van der Waals surface area (Å²) < 4.78 is 43.1. The Morgan fingerprint density at radius 3 is 2.28 bits per heavy atom. The molecule has 2 aromatic carbocycles. The SMILES string of the molecule is CCC(NC[C@@H](O)c1ccc(C(F)(F)F)cc1)c1ccccc1OC. The second-order valence-corrected chi connectivity index (χ2v) is 5.75. The molecule has 0 saturated carbocycles. The first-order valence-corrected chi connectivity index (χ1v) is 8.08. The quantitative estimate of drug-likeness (QED) is 0.771. The Labute approximate surface area is 145 Å². The largest absolute Gasteiger partial charge is 0.496 e. The maximum Gasteiger partial charge on any atom is 0.416 e. The maximum absolute atomic E-state index is 12.6. The van der Waals surface area contributed by atoms with Crippen LogP contribution in [-0.4, -0.2) is 18.8 Å². The highest BCUT2D eigenvalue weighted by molar-refractivity contribution is 5.36. The van der Waals surface area contributed by atoms with Crippen LogP contribution in [0.5, 0.6) is 5.75 Å². The Balaban J connectivity index is 2.03. The summed E-state index contributed by atoms with van der Waals surface area (Å²) in [6, 6.07) is 12.2. The van der Waals surface area contributed by atoms with Crippen molar-refractivity contribution in [2.24, 2.45) is 0 Å². The minimum absolute atomic E-state index is 0.0275. The number of aliphatic hydroxyl groups is 1. The minimum Gasteiger partial charge on any atom is -0.496 e. The van der Waals surface area contributed by atoms with E-state index in [1.54, 1.807) is 7.11 Å². The van der Waals surface area contributed by atoms with E-state index in [0.717, 1.165) is 29.9 Å². The molecule has 2 rings (SSSR count). The van der Waals surface area contributed by atoms with Gasteiger partial charge in [0.05, 0.1) is 18.8 Å². The summed E-state index contributed by atoms with van der Waals surface area (Å²) in [5.41, 5.74) is 0.694. The Hall–Kier alpha value is -2.05. The predicted octanol–water partition coefficient (Wildman–Crippen LogP) is 4.49. The zero-order valence-electron chi connectivity index (χ0n) is 14.2. The van der Waals surface area contributed by atoms with E-state index in [0.29, 0.717) is 5.56 Å². The second kappa shape index (κ2) is 8.36. The Morgan fingerprint density at radius 1 is 1.08 bits per heavy atom. The number of benzene rings is 2. The van der Waals surface area contributed by atoms with Gasteiger partial charge in [-0.2, -0.15) is 13.2 Å². The summed E-state index contributed by atoms with van der Waals surface area (Å²) in [6.07, 6.45) is -4.50. The summed E-state index contributed by atoms with van der Waals surface area (Å²) in [5, 5.41) is 13.5. The highest BCUT2D eigenvalue weighted by atomic mass is 19.4. The average molecular weight is 353 g/mol. The fraction of sp³-hybridized carbons (Fsp3) is 0.368. The lowest BCUT2D eigenvalue weighted by atomic mass is 10.0. The molecule has 0 aliphatic rings. The van der Waals surface area contributed by atoms with E-state index < -0.39 is 17.8 Å². The van der Waals surface area contributed by atoms with E-state index in [2.05, 4.69) is 5.32 Å². The van der Waals surface area contributed by atoms with Gasteiger partial charge < -0.3 is 15.2 Å². The van der Waals surface area contributed by atoms with Crippen molar-refractivity contribution < 1.29 is 23.0 Å². The fourth-order valence-corrected chi connectivity index (χ4v) is 2.69. The Bertz CT molecular complexity index is 671. The third kappa shape index (κ3) is 4.96. The van der Waals surface area contributed by atoms with Gasteiger partial charge in [-0.15, -0.1) is 0 Å². The van der Waals surface area contributed by atoms with Crippen LogP contribution >= 0.6 is 0 Å². The molecule has 0 fully saturated rings. The third-order valence-corrected chi connectivity index (χ3v) is 4.10. The molecule has 2 atom stereocenters. The van der Waals surface area contributed by atoms with Gasteiger partial charge in [0.1, 0.15) is 5.75 Å². The number of para-hydroxylation sites is 1. The lowest BCUT2D eigenvalue weighted by molar-refractivity contribution is -0.137. The molecule has 25 heavy (non-hydrogen) atoms. The molecule has 0 amide bonds. The van der Waals surface area contributed by atoms with Crippen LogP contribution in [-0.2, 0) is 6.18 Å². The number of alkyl halides is 3. The van der Waals surface area contributed by atoms with Gasteiger partial charge in [-0.1, -0.05) is 37.3 Å². The van der Waals surface area contributed by atoms with Crippen LogP contribution < -0.4 is 10.1 Å². The van der Waals surface area contributed by atoms with E-state index in [1.807, 2.05) is 31.2 Å². The number of rotatable bonds is 7. The predicted molar refractivity (Wildman–Crippen MR) is 90.4 cm³/mol. The number of halogens is 3. The van der Waals surface area contributed by atoms with Crippen molar-refractivity contribution in [3.63, 3.8) is 0 Å². The molecule has 0 radical (unpaired) electrons. The van der Waals surface area contributed by atoms with E-state index in [9.17, 15) is 18.3 Å². The molecular formula is C19H22F3NO2. The lowest BCUT2D eigenvalue weighted by Crippen LogP contribution is -2.26. The summed E-state index contributed by atoms with van der Waals surface area (Å²) in [6.45, 7) is 2.23. The van der Waals surface area contributed by atoms with E-state index in [1.165, 1.54) is 12.1 Å². The van der Waals surface area contributed by atoms with Crippen LogP contribution in [0.3, 0.4) is 0 Å². The first-order chi connectivity index (χ1) is 11.9. The third-order valence-electron chi connectivity index (χ3n) is 4.10. The molecule has 2 aromatic rings. The summed E-state index contributed by atoms with van der Waals surface area (Å²) in [5.74, 6) is 0.755. The Morgan fingerprint density at radius 2 is 1.72 bits per heavy atom. The molecule has 0 aliphatic carbocycles. The first-order valence-electron chi connectivity index (χ1n) is 8.08. The molecule has 0 aliphatic heterocycles. The number of hydrogen-bond acceptors (Lipinski definition) is 3. The highest BCUT2D eigenvalue weighted by Crippen LogP contribution is 2.30. The fourth-order valence-electron chi connectivity index (χ4n) is 2.69. The number of methoxy groups -OCH3 is 1. The molecular weight excluding hydrogens is 331 g/mol. The number of ether oxygens (including phenoxy) is 1. The van der Waals surface area contributed by atoms with Gasteiger partial charge in [-0.25, -0.2) is 0 Å². The molecule has 0 heterocycles. The zero-order chi connectivity index (χ0) is 18.4. The van der Waals surface area contributed by atoms with Crippen molar-refractivity contribution in [1.82, 2.24) is 5.32 Å². The smallest absolute Gasteiger partial charge is 0.416 e. The molecule has 136 valence electrons. The highest BCUT2D eigenvalue weighted by Gasteiger charge is 2.30. The van der Waals surface area contributed by atoms with E-state index in [4.69, 9.17) is 4.74 Å². The van der Waals surface area contributed by atoms with Gasteiger partial charge in [-0.05, 0) is 30.2 Å². The van der Waals surface area contributed by atoms with Gasteiger partial charge in [-0.3, -0.25) is 0 Å². The topological polar surface area (TPSA) is 41.5 Å². The van der Waals surface area contributed by atoms with Crippen molar-refractivity contribution in [1.29, 1.82) is 0 Å². The number of nitrogens with one attached hydrogen (secondary N) is 1. The van der Waals surface area contributed by atoms with E-state index >= 15 is 0 Å². The molecule has 0 bridgehead atoms. The van der Waals surface area contributed by atoms with Gasteiger partial charge >= 0.3 is 6.18 Å². The van der Waals surface area contributed by atoms with Crippen LogP contribution in [0.2, 0.25) is 0 Å². The molecule has 0 saturated heterocycles. The van der Waals surface area contributed by atoms with Crippen LogP contribution in [0.1, 0.15) is 42.2 Å². The summed E-state index contributed by atoms with van der Waals surface area (Å²) in [4.78, 5) is 0. The summed E-state index contributed by atoms with van der Waals surface area (Å²) in [7, 11) is 1.60. The summed E-state index contributed by atoms with van der Waals surface area (Å²) >= 11 is 0. The monoisotopic (exact) mass is 353 g/mol. The van der Waals surface area contributed by atoms with Crippen molar-refractivity contribution in [2.75, 3.05) is 13.7 Å². The van der Waals surface area contributed by atoms with Crippen molar-refractivity contribution in [3.8, 4) is 5.75 Å². The van der Waals surface area contributed by atoms with Crippen molar-refractivity contribution in [3.05, 3.63) is 65.2 Å². The average Bonchev–Trinajstić information content (AvgIpc) is 2.61. The van der Waals surface area contributed by atoms with Crippen molar-refractivity contribution >= 4 is 0 Å². The van der Waals surface area contributed by atoms with Gasteiger partial charge in [0, 0.05) is 18.2 Å². The van der Waals surface area contributed by atoms with Crippen molar-refractivity contribution in [2.45, 2.75) is 31.7 Å². The second-order valence-electron chi connectivity index (χ2n) is 5.75. The molecule has 0 spiro atoms. The lowest BCUT2D eigenvalue weighted by Gasteiger charge is -2.22. The van der Waals surface area contributed by atoms with E-state index in [-0.39, 0.29) is 12.6 Å². The van der Waals surface area contributed by atoms with Crippen LogP contribution in [0.4, 0.5) is 13.2 Å².